The van der Waals surface area contributed by atoms with Crippen LogP contribution in [0.25, 0.3) is 33.7 Å². The van der Waals surface area contributed by atoms with Crippen molar-refractivity contribution < 1.29 is 9.53 Å². The Morgan fingerprint density at radius 3 is 2.55 bits per heavy atom. The van der Waals surface area contributed by atoms with Gasteiger partial charge in [-0.25, -0.2) is 4.98 Å². The summed E-state index contributed by atoms with van der Waals surface area (Å²) in [4.78, 5) is 20.1. The molecule has 0 aliphatic carbocycles. The van der Waals surface area contributed by atoms with Gasteiger partial charge in [0.2, 0.25) is 0 Å². The Kier molecular flexibility index (Phi) is 4.38. The molecule has 0 atom stereocenters. The highest BCUT2D eigenvalue weighted by Crippen LogP contribution is 2.40. The Morgan fingerprint density at radius 2 is 1.90 bits per heavy atom. The first-order valence-corrected chi connectivity index (χ1v) is 9.30. The smallest absolute Gasteiger partial charge is 0.252 e. The van der Waals surface area contributed by atoms with Crippen LogP contribution in [0.4, 0.5) is 0 Å². The first kappa shape index (κ1) is 18.7. The molecule has 4 aromatic rings. The summed E-state index contributed by atoms with van der Waals surface area (Å²) in [6.07, 6.45) is 1.71. The van der Waals surface area contributed by atoms with Crippen molar-refractivity contribution in [2.24, 2.45) is 5.73 Å². The Labute approximate surface area is 168 Å². The number of nitrogens with zero attached hydrogens (tertiary/aromatic N) is 2. The van der Waals surface area contributed by atoms with Crippen LogP contribution >= 0.6 is 0 Å². The standard InChI is InChI=1S/C22H23N5O2/c1-22(2,3)12-9-13(19(29-4)14(10-12)20(23)28)15-11-24-27-18(15)21-25-16-7-5-6-8-17(16)26-21/h5-11H,1-4H3,(H2,23,28)(H,24,27)(H,25,26). The van der Waals surface area contributed by atoms with Crippen molar-refractivity contribution in [2.45, 2.75) is 26.2 Å². The summed E-state index contributed by atoms with van der Waals surface area (Å²) in [6, 6.07) is 11.6. The number of amides is 1. The number of imidazole rings is 1. The lowest BCUT2D eigenvalue weighted by atomic mass is 9.83. The first-order chi connectivity index (χ1) is 13.8. The van der Waals surface area contributed by atoms with Crippen LogP contribution in [0.3, 0.4) is 0 Å². The van der Waals surface area contributed by atoms with E-state index in [0.717, 1.165) is 27.7 Å². The summed E-state index contributed by atoms with van der Waals surface area (Å²) in [5, 5.41) is 7.25. The van der Waals surface area contributed by atoms with Gasteiger partial charge in [-0.2, -0.15) is 5.10 Å². The molecule has 4 N–H and O–H groups in total. The number of ether oxygens (including phenoxy) is 1. The number of nitrogens with two attached hydrogens (primary N) is 1. The monoisotopic (exact) mass is 389 g/mol. The van der Waals surface area contributed by atoms with Gasteiger partial charge in [0.25, 0.3) is 5.91 Å². The van der Waals surface area contributed by atoms with E-state index >= 15 is 0 Å². The topological polar surface area (TPSA) is 110 Å². The number of nitrogens with one attached hydrogen (secondary N) is 2. The number of hydrogen-bond acceptors (Lipinski definition) is 4. The van der Waals surface area contributed by atoms with Crippen LogP contribution < -0.4 is 10.5 Å². The van der Waals surface area contributed by atoms with E-state index in [1.165, 1.54) is 7.11 Å². The quantitative estimate of drug-likeness (QED) is 0.489. The van der Waals surface area contributed by atoms with Crippen LogP contribution in [-0.4, -0.2) is 33.2 Å². The van der Waals surface area contributed by atoms with Crippen molar-refractivity contribution in [3.05, 3.63) is 53.7 Å². The summed E-state index contributed by atoms with van der Waals surface area (Å²) in [5.74, 6) is 0.537. The van der Waals surface area contributed by atoms with Gasteiger partial charge in [-0.15, -0.1) is 0 Å². The van der Waals surface area contributed by atoms with Gasteiger partial charge in [0.1, 0.15) is 11.4 Å². The minimum atomic E-state index is -0.539. The average Bonchev–Trinajstić information content (AvgIpc) is 3.32. The van der Waals surface area contributed by atoms with E-state index in [-0.39, 0.29) is 5.41 Å². The van der Waals surface area contributed by atoms with Gasteiger partial charge in [0, 0.05) is 11.1 Å². The van der Waals surface area contributed by atoms with Crippen molar-refractivity contribution in [2.75, 3.05) is 7.11 Å². The van der Waals surface area contributed by atoms with E-state index in [1.54, 1.807) is 12.3 Å². The molecule has 0 spiro atoms. The zero-order chi connectivity index (χ0) is 20.8. The lowest BCUT2D eigenvalue weighted by molar-refractivity contribution is 0.0997. The molecule has 148 valence electrons. The number of para-hydroxylation sites is 2. The number of hydrogen-bond donors (Lipinski definition) is 3. The van der Waals surface area contributed by atoms with Crippen LogP contribution in [0.1, 0.15) is 36.7 Å². The van der Waals surface area contributed by atoms with Crippen molar-refractivity contribution in [1.29, 1.82) is 0 Å². The van der Waals surface area contributed by atoms with Gasteiger partial charge in [-0.05, 0) is 35.2 Å². The number of H-pyrrole nitrogens is 2. The minimum Gasteiger partial charge on any atom is -0.495 e. The second-order valence-electron chi connectivity index (χ2n) is 7.98. The molecule has 0 radical (unpaired) electrons. The molecule has 2 heterocycles. The van der Waals surface area contributed by atoms with E-state index in [1.807, 2.05) is 30.3 Å². The molecule has 4 rings (SSSR count). The number of fused-ring (bicyclic) bond motifs is 1. The van der Waals surface area contributed by atoms with Crippen LogP contribution in [-0.2, 0) is 5.41 Å². The normalized spacial score (nSPS) is 11.7. The molecule has 0 aliphatic heterocycles. The Morgan fingerprint density at radius 1 is 1.14 bits per heavy atom. The maximum Gasteiger partial charge on any atom is 0.252 e. The lowest BCUT2D eigenvalue weighted by Crippen LogP contribution is -2.17. The summed E-state index contributed by atoms with van der Waals surface area (Å²) >= 11 is 0. The van der Waals surface area contributed by atoms with Crippen molar-refractivity contribution in [3.63, 3.8) is 0 Å². The van der Waals surface area contributed by atoms with E-state index < -0.39 is 5.91 Å². The van der Waals surface area contributed by atoms with E-state index in [0.29, 0.717) is 22.8 Å². The largest absolute Gasteiger partial charge is 0.495 e. The SMILES string of the molecule is COc1c(C(N)=O)cc(C(C)(C)C)cc1-c1cn[nH]c1-c1nc2ccccc2[nH]1. The number of primary amides is 1. The Hall–Kier alpha value is -3.61. The molecule has 0 aliphatic rings. The highest BCUT2D eigenvalue weighted by atomic mass is 16.5. The van der Waals surface area contributed by atoms with Crippen LogP contribution in [0, 0.1) is 0 Å². The first-order valence-electron chi connectivity index (χ1n) is 9.30. The number of methoxy groups -OCH3 is 1. The second-order valence-corrected chi connectivity index (χ2v) is 7.98. The number of aromatic amines is 2. The van der Waals surface area contributed by atoms with Gasteiger partial charge in [-0.1, -0.05) is 32.9 Å². The summed E-state index contributed by atoms with van der Waals surface area (Å²) in [7, 11) is 1.53. The molecule has 7 heteroatoms. The van der Waals surface area contributed by atoms with Gasteiger partial charge in [0.05, 0.1) is 29.9 Å². The second kappa shape index (κ2) is 6.77. The van der Waals surface area contributed by atoms with Crippen LogP contribution in [0.5, 0.6) is 5.75 Å². The Bertz CT molecular complexity index is 1180. The van der Waals surface area contributed by atoms with E-state index in [2.05, 4.69) is 40.9 Å². The minimum absolute atomic E-state index is 0.186. The molecule has 0 fully saturated rings. The third-order valence-electron chi connectivity index (χ3n) is 4.98. The molecule has 0 saturated carbocycles. The summed E-state index contributed by atoms with van der Waals surface area (Å²) < 4.78 is 5.61. The molecular formula is C22H23N5O2. The molecule has 2 aromatic carbocycles. The predicted molar refractivity (Wildman–Crippen MR) is 113 cm³/mol. The fraction of sp³-hybridized carbons (Fsp3) is 0.227. The zero-order valence-corrected chi connectivity index (χ0v) is 16.8. The number of carbonyl (C=O) groups excluding carboxylic acids is 1. The molecule has 2 aromatic heterocycles. The molecular weight excluding hydrogens is 366 g/mol. The maximum absolute atomic E-state index is 12.2. The molecule has 0 unspecified atom stereocenters. The van der Waals surface area contributed by atoms with Gasteiger partial charge in [-0.3, -0.25) is 9.89 Å². The molecule has 0 bridgehead atoms. The number of rotatable bonds is 4. The predicted octanol–water partition coefficient (Wildman–Crippen LogP) is 4.03. The highest BCUT2D eigenvalue weighted by Gasteiger charge is 2.25. The van der Waals surface area contributed by atoms with Crippen molar-refractivity contribution in [1.82, 2.24) is 20.2 Å². The Balaban J connectivity index is 1.97. The fourth-order valence-corrected chi connectivity index (χ4v) is 3.41. The highest BCUT2D eigenvalue weighted by molar-refractivity contribution is 5.99. The zero-order valence-electron chi connectivity index (χ0n) is 16.8. The summed E-state index contributed by atoms with van der Waals surface area (Å²) in [6.45, 7) is 6.25. The number of carbonyl (C=O) groups is 1. The van der Waals surface area contributed by atoms with E-state index in [4.69, 9.17) is 10.5 Å². The van der Waals surface area contributed by atoms with E-state index in [9.17, 15) is 4.79 Å². The third kappa shape index (κ3) is 3.24. The molecule has 29 heavy (non-hydrogen) atoms. The van der Waals surface area contributed by atoms with Gasteiger partial charge in [0.15, 0.2) is 5.82 Å². The molecule has 1 amide bonds. The molecule has 0 saturated heterocycles. The average molecular weight is 389 g/mol. The fourth-order valence-electron chi connectivity index (χ4n) is 3.41. The summed E-state index contributed by atoms with van der Waals surface area (Å²) in [5.41, 5.74) is 10.8. The van der Waals surface area contributed by atoms with Gasteiger partial charge < -0.3 is 15.5 Å². The van der Waals surface area contributed by atoms with Gasteiger partial charge >= 0.3 is 0 Å². The van der Waals surface area contributed by atoms with Crippen molar-refractivity contribution in [3.8, 4) is 28.4 Å². The number of aromatic nitrogens is 4. The third-order valence-corrected chi connectivity index (χ3v) is 4.98. The van der Waals surface area contributed by atoms with Crippen LogP contribution in [0.2, 0.25) is 0 Å². The lowest BCUT2D eigenvalue weighted by Gasteiger charge is -2.23. The van der Waals surface area contributed by atoms with Crippen molar-refractivity contribution >= 4 is 16.9 Å². The number of benzene rings is 2. The van der Waals surface area contributed by atoms with Crippen LogP contribution in [0.15, 0.2) is 42.6 Å². The molecule has 7 nitrogen and oxygen atoms in total. The maximum atomic E-state index is 12.2.